The summed E-state index contributed by atoms with van der Waals surface area (Å²) in [6.07, 6.45) is -0.0524. The number of Topliss-reactive ketones (excluding diaryl/α,β-unsaturated/α-hetero) is 1. The molecule has 2 aromatic rings. The molecule has 1 heterocycles. The van der Waals surface area contributed by atoms with Crippen LogP contribution in [0.5, 0.6) is 5.75 Å². The van der Waals surface area contributed by atoms with Gasteiger partial charge in [-0.2, -0.15) is 0 Å². The van der Waals surface area contributed by atoms with E-state index in [1.807, 2.05) is 6.92 Å². The molecule has 4 N–H and O–H groups in total. The van der Waals surface area contributed by atoms with Crippen molar-refractivity contribution in [2.75, 3.05) is 5.32 Å². The first-order chi connectivity index (χ1) is 11.8. The second-order valence-electron chi connectivity index (χ2n) is 5.61. The van der Waals surface area contributed by atoms with Gasteiger partial charge in [0, 0.05) is 11.9 Å². The average molecular weight is 360 g/mol. The van der Waals surface area contributed by atoms with E-state index in [1.165, 1.54) is 30.5 Å². The Morgan fingerprint density at radius 3 is 2.52 bits per heavy atom. The molecule has 0 saturated heterocycles. The van der Waals surface area contributed by atoms with Gasteiger partial charge in [-0.15, -0.1) is 0 Å². The number of sulfonamides is 1. The van der Waals surface area contributed by atoms with Gasteiger partial charge in [-0.25, -0.2) is 13.6 Å². The van der Waals surface area contributed by atoms with Crippen molar-refractivity contribution in [3.63, 3.8) is 0 Å². The molecule has 130 valence electrons. The normalized spacial score (nSPS) is 18.6. The smallest absolute Gasteiger partial charge is 0.238 e. The zero-order valence-corrected chi connectivity index (χ0v) is 14.1. The minimum Gasteiger partial charge on any atom is -0.460 e. The van der Waals surface area contributed by atoms with Crippen LogP contribution in [0.3, 0.4) is 0 Å². The molecule has 7 nitrogen and oxygen atoms in total. The monoisotopic (exact) mass is 360 g/mol. The van der Waals surface area contributed by atoms with Gasteiger partial charge in [0.05, 0.1) is 16.0 Å². The molecule has 2 aromatic carbocycles. The molecule has 25 heavy (non-hydrogen) atoms. The van der Waals surface area contributed by atoms with Crippen LogP contribution in [0.2, 0.25) is 0 Å². The SMILES string of the molecule is Cc1ccc2c(c1)C(=O)/C(=C\Nc1ccc(S(N)(=O)=O)cc1)C(O)O2. The number of rotatable bonds is 3. The van der Waals surface area contributed by atoms with Crippen LogP contribution in [0, 0.1) is 6.92 Å². The van der Waals surface area contributed by atoms with E-state index < -0.39 is 16.3 Å². The number of nitrogens with one attached hydrogen (secondary N) is 1. The molecule has 0 saturated carbocycles. The maximum absolute atomic E-state index is 12.5. The highest BCUT2D eigenvalue weighted by atomic mass is 32.2. The Morgan fingerprint density at radius 1 is 1.20 bits per heavy atom. The predicted molar refractivity (Wildman–Crippen MR) is 91.7 cm³/mol. The lowest BCUT2D eigenvalue weighted by atomic mass is 9.98. The Morgan fingerprint density at radius 2 is 1.88 bits per heavy atom. The van der Waals surface area contributed by atoms with Crippen molar-refractivity contribution in [3.8, 4) is 5.75 Å². The largest absolute Gasteiger partial charge is 0.460 e. The van der Waals surface area contributed by atoms with E-state index in [0.717, 1.165) is 5.56 Å². The quantitative estimate of drug-likeness (QED) is 0.714. The van der Waals surface area contributed by atoms with Crippen LogP contribution in [0.1, 0.15) is 15.9 Å². The summed E-state index contributed by atoms with van der Waals surface area (Å²) in [4.78, 5) is 12.5. The van der Waals surface area contributed by atoms with Gasteiger partial charge in [-0.05, 0) is 43.3 Å². The van der Waals surface area contributed by atoms with Crippen LogP contribution in [0.25, 0.3) is 0 Å². The maximum atomic E-state index is 12.5. The van der Waals surface area contributed by atoms with Gasteiger partial charge in [0.1, 0.15) is 5.75 Å². The third-order valence-corrected chi connectivity index (χ3v) is 4.65. The van der Waals surface area contributed by atoms with Gasteiger partial charge in [0.2, 0.25) is 16.3 Å². The van der Waals surface area contributed by atoms with E-state index >= 15 is 0 Å². The molecule has 1 aliphatic heterocycles. The topological polar surface area (TPSA) is 119 Å². The Labute approximate surface area is 144 Å². The number of hydrogen-bond acceptors (Lipinski definition) is 6. The van der Waals surface area contributed by atoms with Crippen LogP contribution in [-0.4, -0.2) is 25.6 Å². The van der Waals surface area contributed by atoms with Crippen molar-refractivity contribution in [1.82, 2.24) is 0 Å². The lowest BCUT2D eigenvalue weighted by Gasteiger charge is -2.24. The summed E-state index contributed by atoms with van der Waals surface area (Å²) in [5, 5.41) is 17.9. The number of nitrogens with two attached hydrogens (primary N) is 1. The van der Waals surface area contributed by atoms with Crippen molar-refractivity contribution < 1.29 is 23.1 Å². The van der Waals surface area contributed by atoms with Gasteiger partial charge in [-0.3, -0.25) is 4.79 Å². The highest BCUT2D eigenvalue weighted by Gasteiger charge is 2.30. The van der Waals surface area contributed by atoms with E-state index in [1.54, 1.807) is 18.2 Å². The van der Waals surface area contributed by atoms with E-state index in [2.05, 4.69) is 5.32 Å². The van der Waals surface area contributed by atoms with Crippen LogP contribution >= 0.6 is 0 Å². The maximum Gasteiger partial charge on any atom is 0.238 e. The van der Waals surface area contributed by atoms with E-state index in [-0.39, 0.29) is 16.3 Å². The molecule has 0 bridgehead atoms. The number of primary sulfonamides is 1. The second kappa shape index (κ2) is 6.32. The third kappa shape index (κ3) is 3.55. The molecule has 0 amide bonds. The third-order valence-electron chi connectivity index (χ3n) is 3.72. The summed E-state index contributed by atoms with van der Waals surface area (Å²) >= 11 is 0. The number of ketones is 1. The van der Waals surface area contributed by atoms with Crippen molar-refractivity contribution in [1.29, 1.82) is 0 Å². The molecule has 1 unspecified atom stereocenters. The highest BCUT2D eigenvalue weighted by molar-refractivity contribution is 7.89. The summed E-state index contributed by atoms with van der Waals surface area (Å²) in [5.74, 6) is -0.0103. The summed E-state index contributed by atoms with van der Waals surface area (Å²) in [6, 6.07) is 10.8. The van der Waals surface area contributed by atoms with E-state index in [9.17, 15) is 18.3 Å². The minimum absolute atomic E-state index is 0.0211. The van der Waals surface area contributed by atoms with Gasteiger partial charge >= 0.3 is 0 Å². The summed E-state index contributed by atoms with van der Waals surface area (Å²) in [6.45, 7) is 1.85. The Kier molecular flexibility index (Phi) is 4.34. The average Bonchev–Trinajstić information content (AvgIpc) is 2.55. The molecule has 0 spiro atoms. The van der Waals surface area contributed by atoms with Crippen molar-refractivity contribution in [2.24, 2.45) is 5.14 Å². The Bertz CT molecular complexity index is 965. The molecule has 1 aliphatic rings. The number of aliphatic hydroxyl groups is 1. The zero-order valence-electron chi connectivity index (χ0n) is 13.3. The number of aryl methyl sites for hydroxylation is 1. The fourth-order valence-electron chi connectivity index (χ4n) is 2.41. The fraction of sp³-hybridized carbons (Fsp3) is 0.118. The standard InChI is InChI=1S/C17H16N2O5S/c1-10-2-7-15-13(8-10)16(20)14(17(21)24-15)9-19-11-3-5-12(6-4-11)25(18,22)23/h2-9,17,19,21H,1H3,(H2,18,22,23)/b14-9+. The van der Waals surface area contributed by atoms with Gasteiger partial charge in [-0.1, -0.05) is 11.6 Å². The number of aliphatic hydroxyl groups excluding tert-OH is 1. The first kappa shape index (κ1) is 17.2. The Balaban J connectivity index is 1.85. The summed E-state index contributed by atoms with van der Waals surface area (Å²) < 4.78 is 27.8. The first-order valence-electron chi connectivity index (χ1n) is 7.35. The van der Waals surface area contributed by atoms with Gasteiger partial charge in [0.25, 0.3) is 0 Å². The number of carbonyl (C=O) groups is 1. The molecule has 0 fully saturated rings. The highest BCUT2D eigenvalue weighted by Crippen LogP contribution is 2.30. The van der Waals surface area contributed by atoms with Crippen LogP contribution < -0.4 is 15.2 Å². The number of fused-ring (bicyclic) bond motifs is 1. The summed E-state index contributed by atoms with van der Waals surface area (Å²) in [5.41, 5.74) is 1.85. The number of benzene rings is 2. The molecular weight excluding hydrogens is 344 g/mol. The first-order valence-corrected chi connectivity index (χ1v) is 8.90. The number of carbonyl (C=O) groups excluding carboxylic acids is 1. The van der Waals surface area contributed by atoms with Crippen LogP contribution in [0.4, 0.5) is 5.69 Å². The lowest BCUT2D eigenvalue weighted by Crippen LogP contribution is -2.30. The number of anilines is 1. The van der Waals surface area contributed by atoms with Crippen molar-refractivity contribution >= 4 is 21.5 Å². The molecule has 0 radical (unpaired) electrons. The number of hydrogen-bond donors (Lipinski definition) is 3. The molecule has 0 aromatic heterocycles. The van der Waals surface area contributed by atoms with Crippen LogP contribution in [-0.2, 0) is 10.0 Å². The van der Waals surface area contributed by atoms with Crippen molar-refractivity contribution in [3.05, 3.63) is 65.4 Å². The van der Waals surface area contributed by atoms with Gasteiger partial charge < -0.3 is 15.2 Å². The fourth-order valence-corrected chi connectivity index (χ4v) is 2.93. The molecule has 1 atom stereocenters. The van der Waals surface area contributed by atoms with E-state index in [4.69, 9.17) is 9.88 Å². The molecule has 0 aliphatic carbocycles. The molecule has 3 rings (SSSR count). The molecule has 8 heteroatoms. The number of ether oxygens (including phenoxy) is 1. The van der Waals surface area contributed by atoms with E-state index in [0.29, 0.717) is 17.0 Å². The molecular formula is C17H16N2O5S. The van der Waals surface area contributed by atoms with Gasteiger partial charge in [0.15, 0.2) is 5.78 Å². The van der Waals surface area contributed by atoms with Crippen LogP contribution in [0.15, 0.2) is 59.1 Å². The minimum atomic E-state index is -3.77. The predicted octanol–water partition coefficient (Wildman–Crippen LogP) is 1.53. The second-order valence-corrected chi connectivity index (χ2v) is 7.17. The van der Waals surface area contributed by atoms with Crippen molar-refractivity contribution in [2.45, 2.75) is 18.1 Å². The summed E-state index contributed by atoms with van der Waals surface area (Å²) in [7, 11) is -3.77. The Hall–Kier alpha value is -2.68. The lowest BCUT2D eigenvalue weighted by molar-refractivity contribution is 0.00782. The zero-order chi connectivity index (χ0) is 18.2.